The van der Waals surface area contributed by atoms with E-state index < -0.39 is 18.8 Å². The highest BCUT2D eigenvalue weighted by atomic mass is 35.5. The molecule has 0 aromatic rings. The van der Waals surface area contributed by atoms with Crippen molar-refractivity contribution < 1.29 is 14.4 Å². The van der Waals surface area contributed by atoms with Gasteiger partial charge in [-0.05, 0) is 56.2 Å². The summed E-state index contributed by atoms with van der Waals surface area (Å²) < 4.78 is 12.1. The van der Waals surface area contributed by atoms with E-state index in [-0.39, 0.29) is 5.92 Å². The van der Waals surface area contributed by atoms with E-state index in [1.165, 1.54) is 6.92 Å². The van der Waals surface area contributed by atoms with Crippen molar-refractivity contribution in [3.63, 3.8) is 0 Å². The van der Waals surface area contributed by atoms with E-state index in [0.717, 1.165) is 16.8 Å². The summed E-state index contributed by atoms with van der Waals surface area (Å²) in [6.07, 6.45) is 1.83. The van der Waals surface area contributed by atoms with Gasteiger partial charge in [0.2, 0.25) is 0 Å². The van der Waals surface area contributed by atoms with E-state index in [1.54, 1.807) is 6.92 Å². The molecule has 0 saturated heterocycles. The van der Waals surface area contributed by atoms with Gasteiger partial charge in [0, 0.05) is 0 Å². The molecule has 1 rings (SSSR count). The molecule has 2 atom stereocenters. The fraction of sp³-hybridized carbons (Fsp3) is 1.00. The van der Waals surface area contributed by atoms with Crippen LogP contribution in [0.1, 0.15) is 26.7 Å². The summed E-state index contributed by atoms with van der Waals surface area (Å²) in [5, 5.41) is 0. The molecule has 0 amide bonds. The molecule has 0 aliphatic heterocycles. The number of nitrogens with zero attached hydrogens (tertiary/aromatic N) is 1. The van der Waals surface area contributed by atoms with Gasteiger partial charge >= 0.3 is 7.60 Å². The Morgan fingerprint density at radius 3 is 2.14 bits per heavy atom. The average molecular weight is 262 g/mol. The van der Waals surface area contributed by atoms with Crippen molar-refractivity contribution in [3.8, 4) is 0 Å². The van der Waals surface area contributed by atoms with Crippen LogP contribution in [0, 0.1) is 5.92 Å². The molecule has 0 bridgehead atoms. The third-order valence-corrected chi connectivity index (χ3v) is 5.38. The first-order valence-electron chi connectivity index (χ1n) is 4.37. The van der Waals surface area contributed by atoms with Gasteiger partial charge in [0.1, 0.15) is 0 Å². The molecular formula is C7H14Cl2NO3P. The number of halogens is 2. The fourth-order valence-corrected chi connectivity index (χ4v) is 3.34. The summed E-state index contributed by atoms with van der Waals surface area (Å²) in [6, 6.07) is 0. The Hall–Kier alpha value is 0.690. The second-order valence-electron chi connectivity index (χ2n) is 4.00. The van der Waals surface area contributed by atoms with Crippen LogP contribution in [0.25, 0.3) is 0 Å². The van der Waals surface area contributed by atoms with Crippen LogP contribution < -0.4 is 0 Å². The SMILES string of the molecule is CC(C(C)(C1CC1)N(Cl)Cl)P(=O)(O)O. The van der Waals surface area contributed by atoms with Crippen LogP contribution >= 0.6 is 31.1 Å². The summed E-state index contributed by atoms with van der Waals surface area (Å²) in [5.41, 5.74) is -1.71. The van der Waals surface area contributed by atoms with Crippen molar-refractivity contribution in [1.29, 1.82) is 0 Å². The van der Waals surface area contributed by atoms with Crippen molar-refractivity contribution in [3.05, 3.63) is 0 Å². The lowest BCUT2D eigenvalue weighted by Gasteiger charge is -2.38. The van der Waals surface area contributed by atoms with Crippen molar-refractivity contribution in [1.82, 2.24) is 3.94 Å². The molecule has 84 valence electrons. The summed E-state index contributed by atoms with van der Waals surface area (Å²) in [4.78, 5) is 18.2. The van der Waals surface area contributed by atoms with E-state index in [1.807, 2.05) is 0 Å². The molecular weight excluding hydrogens is 248 g/mol. The third-order valence-electron chi connectivity index (χ3n) is 3.12. The fourth-order valence-electron chi connectivity index (χ4n) is 1.63. The van der Waals surface area contributed by atoms with Gasteiger partial charge in [0.15, 0.2) is 0 Å². The topological polar surface area (TPSA) is 60.8 Å². The molecule has 2 unspecified atom stereocenters. The Kier molecular flexibility index (Phi) is 3.58. The van der Waals surface area contributed by atoms with Gasteiger partial charge < -0.3 is 9.79 Å². The number of hydrogen-bond acceptors (Lipinski definition) is 2. The van der Waals surface area contributed by atoms with Gasteiger partial charge in [-0.2, -0.15) is 0 Å². The maximum Gasteiger partial charge on any atom is 0.330 e. The van der Waals surface area contributed by atoms with Gasteiger partial charge in [-0.1, -0.05) is 0 Å². The zero-order chi connectivity index (χ0) is 11.1. The lowest BCUT2D eigenvalue weighted by Crippen LogP contribution is -2.47. The van der Waals surface area contributed by atoms with E-state index in [2.05, 4.69) is 0 Å². The van der Waals surface area contributed by atoms with E-state index in [4.69, 9.17) is 33.3 Å². The number of rotatable bonds is 4. The average Bonchev–Trinajstić information content (AvgIpc) is 2.81. The predicted octanol–water partition coefficient (Wildman–Crippen LogP) is 2.33. The second kappa shape index (κ2) is 3.93. The standard InChI is InChI=1S/C7H14Cl2NO3P/c1-5(14(11,12)13)7(2,10(8)9)6-3-4-6/h5-6H,3-4H2,1-2H3,(H2,11,12,13). The first kappa shape index (κ1) is 12.8. The minimum atomic E-state index is -4.16. The Labute approximate surface area is 93.6 Å². The maximum absolute atomic E-state index is 11.2. The molecule has 1 aliphatic rings. The lowest BCUT2D eigenvalue weighted by atomic mass is 9.93. The van der Waals surface area contributed by atoms with Gasteiger partial charge in [0.05, 0.1) is 11.2 Å². The highest BCUT2D eigenvalue weighted by molar-refractivity contribution is 7.52. The first-order chi connectivity index (χ1) is 6.20. The zero-order valence-corrected chi connectivity index (χ0v) is 10.4. The van der Waals surface area contributed by atoms with Gasteiger partial charge in [0.25, 0.3) is 0 Å². The molecule has 0 spiro atoms. The van der Waals surface area contributed by atoms with Gasteiger partial charge in [-0.25, -0.2) is 0 Å². The molecule has 0 aromatic carbocycles. The van der Waals surface area contributed by atoms with E-state index in [9.17, 15) is 4.57 Å². The molecule has 1 saturated carbocycles. The molecule has 0 heterocycles. The Morgan fingerprint density at radius 1 is 1.50 bits per heavy atom. The molecule has 2 N–H and O–H groups in total. The van der Waals surface area contributed by atoms with Crippen LogP contribution in [0.15, 0.2) is 0 Å². The summed E-state index contributed by atoms with van der Waals surface area (Å²) in [7, 11) is -4.16. The highest BCUT2D eigenvalue weighted by Crippen LogP contribution is 2.56. The van der Waals surface area contributed by atoms with Crippen LogP contribution in [0.5, 0.6) is 0 Å². The Morgan fingerprint density at radius 2 is 1.93 bits per heavy atom. The Bertz CT molecular complexity index is 262. The highest BCUT2D eigenvalue weighted by Gasteiger charge is 2.54. The van der Waals surface area contributed by atoms with Crippen molar-refractivity contribution in [2.45, 2.75) is 37.9 Å². The van der Waals surface area contributed by atoms with E-state index >= 15 is 0 Å². The molecule has 4 nitrogen and oxygen atoms in total. The smallest absolute Gasteiger partial charge is 0.324 e. The molecule has 1 aliphatic carbocycles. The minimum Gasteiger partial charge on any atom is -0.324 e. The molecule has 7 heteroatoms. The maximum atomic E-state index is 11.2. The van der Waals surface area contributed by atoms with Crippen LogP contribution in [-0.2, 0) is 4.57 Å². The summed E-state index contributed by atoms with van der Waals surface area (Å²) >= 11 is 11.4. The minimum absolute atomic E-state index is 0.167. The molecule has 0 aromatic heterocycles. The van der Waals surface area contributed by atoms with Crippen molar-refractivity contribution in [2.24, 2.45) is 5.92 Å². The van der Waals surface area contributed by atoms with Crippen LogP contribution in [0.2, 0.25) is 0 Å². The monoisotopic (exact) mass is 261 g/mol. The van der Waals surface area contributed by atoms with Crippen molar-refractivity contribution >= 4 is 31.1 Å². The second-order valence-corrected chi connectivity index (χ2v) is 6.80. The quantitative estimate of drug-likeness (QED) is 0.603. The normalized spacial score (nSPS) is 24.8. The molecule has 14 heavy (non-hydrogen) atoms. The summed E-state index contributed by atoms with van der Waals surface area (Å²) in [6.45, 7) is 3.17. The largest absolute Gasteiger partial charge is 0.330 e. The van der Waals surface area contributed by atoms with E-state index in [0.29, 0.717) is 0 Å². The predicted molar refractivity (Wildman–Crippen MR) is 56.2 cm³/mol. The molecule has 0 radical (unpaired) electrons. The van der Waals surface area contributed by atoms with Gasteiger partial charge in [-0.15, -0.1) is 3.94 Å². The van der Waals surface area contributed by atoms with Crippen LogP contribution in [0.3, 0.4) is 0 Å². The summed E-state index contributed by atoms with van der Waals surface area (Å²) in [5.74, 6) is 0.167. The van der Waals surface area contributed by atoms with Gasteiger partial charge in [-0.3, -0.25) is 4.57 Å². The van der Waals surface area contributed by atoms with Crippen LogP contribution in [-0.4, -0.2) is 24.9 Å². The first-order valence-corrected chi connectivity index (χ1v) is 6.73. The number of hydrogen-bond donors (Lipinski definition) is 2. The van der Waals surface area contributed by atoms with Crippen LogP contribution in [0.4, 0.5) is 0 Å². The molecule has 1 fully saturated rings. The zero-order valence-electron chi connectivity index (χ0n) is 8.02. The van der Waals surface area contributed by atoms with Crippen molar-refractivity contribution in [2.75, 3.05) is 0 Å². The lowest BCUT2D eigenvalue weighted by molar-refractivity contribution is 0.236. The Balaban J connectivity index is 2.93. The third kappa shape index (κ3) is 2.26.